The van der Waals surface area contributed by atoms with Gasteiger partial charge in [0.05, 0.1) is 0 Å². The molecule has 1 aliphatic rings. The molecule has 1 aromatic rings. The molecule has 2 heteroatoms. The zero-order valence-electron chi connectivity index (χ0n) is 12.6. The number of halogens is 1. The zero-order valence-corrected chi connectivity index (χ0v) is 12.6. The maximum atomic E-state index is 13.9. The van der Waals surface area contributed by atoms with Crippen LogP contribution in [0.15, 0.2) is 24.3 Å². The lowest BCUT2D eigenvalue weighted by atomic mass is 9.78. The summed E-state index contributed by atoms with van der Waals surface area (Å²) in [5.74, 6) is 0.673. The second-order valence-corrected chi connectivity index (χ2v) is 7.30. The summed E-state index contributed by atoms with van der Waals surface area (Å²) in [4.78, 5) is 0. The molecule has 0 aromatic heterocycles. The second kappa shape index (κ2) is 5.24. The zero-order chi connectivity index (χ0) is 14.1. The smallest absolute Gasteiger partial charge is 0.126 e. The molecular formula is C17H26FN. The van der Waals surface area contributed by atoms with Gasteiger partial charge in [0, 0.05) is 12.1 Å². The Morgan fingerprint density at radius 1 is 1.16 bits per heavy atom. The van der Waals surface area contributed by atoms with E-state index >= 15 is 0 Å². The Hall–Kier alpha value is -0.890. The third-order valence-corrected chi connectivity index (χ3v) is 4.14. The highest BCUT2D eigenvalue weighted by molar-refractivity contribution is 5.20. The van der Waals surface area contributed by atoms with Crippen molar-refractivity contribution < 1.29 is 4.39 Å². The van der Waals surface area contributed by atoms with Crippen molar-refractivity contribution in [1.29, 1.82) is 0 Å². The van der Waals surface area contributed by atoms with Crippen LogP contribution in [-0.2, 0) is 6.42 Å². The van der Waals surface area contributed by atoms with Gasteiger partial charge in [-0.05, 0) is 63.0 Å². The van der Waals surface area contributed by atoms with Crippen molar-refractivity contribution in [3.05, 3.63) is 35.6 Å². The molecule has 0 amide bonds. The predicted molar refractivity (Wildman–Crippen MR) is 78.7 cm³/mol. The Kier molecular flexibility index (Phi) is 4.00. The van der Waals surface area contributed by atoms with Crippen LogP contribution in [0.3, 0.4) is 0 Å². The van der Waals surface area contributed by atoms with Crippen LogP contribution in [0.25, 0.3) is 0 Å². The molecule has 1 unspecified atom stereocenters. The van der Waals surface area contributed by atoms with Crippen molar-refractivity contribution in [3.8, 4) is 0 Å². The third kappa shape index (κ3) is 4.04. The molecule has 1 atom stereocenters. The first kappa shape index (κ1) is 14.5. The van der Waals surface area contributed by atoms with Crippen molar-refractivity contribution in [3.63, 3.8) is 0 Å². The van der Waals surface area contributed by atoms with Gasteiger partial charge in [-0.25, -0.2) is 4.39 Å². The maximum Gasteiger partial charge on any atom is 0.126 e. The minimum atomic E-state index is -0.0647. The van der Waals surface area contributed by atoms with Gasteiger partial charge in [-0.2, -0.15) is 0 Å². The molecule has 2 rings (SSSR count). The highest BCUT2D eigenvalue weighted by Gasteiger charge is 2.42. The highest BCUT2D eigenvalue weighted by atomic mass is 19.1. The van der Waals surface area contributed by atoms with Crippen LogP contribution >= 0.6 is 0 Å². The topological polar surface area (TPSA) is 12.0 Å². The molecule has 19 heavy (non-hydrogen) atoms. The van der Waals surface area contributed by atoms with E-state index in [-0.39, 0.29) is 16.8 Å². The Morgan fingerprint density at radius 3 is 2.32 bits per heavy atom. The van der Waals surface area contributed by atoms with Gasteiger partial charge in [0.2, 0.25) is 0 Å². The van der Waals surface area contributed by atoms with Crippen LogP contribution in [0, 0.1) is 17.2 Å². The van der Waals surface area contributed by atoms with Gasteiger partial charge in [-0.1, -0.05) is 25.1 Å². The number of rotatable bonds is 5. The van der Waals surface area contributed by atoms with Gasteiger partial charge in [0.1, 0.15) is 5.82 Å². The van der Waals surface area contributed by atoms with Crippen LogP contribution in [0.2, 0.25) is 0 Å². The number of benzene rings is 1. The van der Waals surface area contributed by atoms with Gasteiger partial charge < -0.3 is 5.32 Å². The van der Waals surface area contributed by atoms with E-state index in [1.54, 1.807) is 12.1 Å². The van der Waals surface area contributed by atoms with E-state index in [1.165, 1.54) is 12.8 Å². The second-order valence-electron chi connectivity index (χ2n) is 7.30. The molecule has 0 heterocycles. The van der Waals surface area contributed by atoms with E-state index in [9.17, 15) is 4.39 Å². The van der Waals surface area contributed by atoms with Crippen molar-refractivity contribution in [1.82, 2.24) is 5.32 Å². The standard InChI is InChI=1S/C17H26FN/c1-16(2,3)19-12-17(4,14-9-10-14)11-13-7-5-6-8-15(13)18/h5-8,14,19H,9-12H2,1-4H3. The molecule has 0 aliphatic heterocycles. The van der Waals surface area contributed by atoms with Crippen molar-refractivity contribution in [2.45, 2.75) is 52.5 Å². The lowest BCUT2D eigenvalue weighted by Crippen LogP contribution is -2.44. The van der Waals surface area contributed by atoms with E-state index < -0.39 is 0 Å². The number of hydrogen-bond donors (Lipinski definition) is 1. The van der Waals surface area contributed by atoms with E-state index in [4.69, 9.17) is 0 Å². The molecule has 1 saturated carbocycles. The molecular weight excluding hydrogens is 237 g/mol. The monoisotopic (exact) mass is 263 g/mol. The van der Waals surface area contributed by atoms with E-state index in [0.29, 0.717) is 0 Å². The fourth-order valence-electron chi connectivity index (χ4n) is 2.68. The quantitative estimate of drug-likeness (QED) is 0.840. The fourth-order valence-corrected chi connectivity index (χ4v) is 2.68. The summed E-state index contributed by atoms with van der Waals surface area (Å²) in [7, 11) is 0. The average molecular weight is 263 g/mol. The van der Waals surface area contributed by atoms with Gasteiger partial charge >= 0.3 is 0 Å². The molecule has 1 nitrogen and oxygen atoms in total. The predicted octanol–water partition coefficient (Wildman–Crippen LogP) is 4.17. The lowest BCUT2D eigenvalue weighted by Gasteiger charge is -2.34. The first-order valence-electron chi connectivity index (χ1n) is 7.29. The molecule has 1 N–H and O–H groups in total. The van der Waals surface area contributed by atoms with E-state index in [0.717, 1.165) is 24.4 Å². The summed E-state index contributed by atoms with van der Waals surface area (Å²) >= 11 is 0. The first-order chi connectivity index (χ1) is 8.80. The lowest BCUT2D eigenvalue weighted by molar-refractivity contribution is 0.225. The highest BCUT2D eigenvalue weighted by Crippen LogP contribution is 2.47. The Bertz CT molecular complexity index is 431. The Morgan fingerprint density at radius 2 is 1.79 bits per heavy atom. The number of hydrogen-bond acceptors (Lipinski definition) is 1. The van der Waals surface area contributed by atoms with Crippen LogP contribution < -0.4 is 5.32 Å². The SMILES string of the molecule is CC(C)(C)NCC(C)(Cc1ccccc1F)C1CC1. The molecule has 1 aliphatic carbocycles. The van der Waals surface area contributed by atoms with Crippen LogP contribution in [0.4, 0.5) is 4.39 Å². The normalized spacial score (nSPS) is 19.2. The fraction of sp³-hybridized carbons (Fsp3) is 0.647. The van der Waals surface area contributed by atoms with Gasteiger partial charge in [-0.15, -0.1) is 0 Å². The summed E-state index contributed by atoms with van der Waals surface area (Å²) in [6.07, 6.45) is 3.40. The van der Waals surface area contributed by atoms with Gasteiger partial charge in [0.15, 0.2) is 0 Å². The summed E-state index contributed by atoms with van der Waals surface area (Å²) in [6.45, 7) is 9.81. The maximum absolute atomic E-state index is 13.9. The summed E-state index contributed by atoms with van der Waals surface area (Å²) in [6, 6.07) is 7.19. The van der Waals surface area contributed by atoms with Crippen molar-refractivity contribution in [2.24, 2.45) is 11.3 Å². The van der Waals surface area contributed by atoms with Gasteiger partial charge in [0.25, 0.3) is 0 Å². The average Bonchev–Trinajstić information content (AvgIpc) is 3.13. The molecule has 0 saturated heterocycles. The Labute approximate surface area is 116 Å². The van der Waals surface area contributed by atoms with Gasteiger partial charge in [-0.3, -0.25) is 0 Å². The summed E-state index contributed by atoms with van der Waals surface area (Å²) in [5, 5.41) is 3.60. The van der Waals surface area contributed by atoms with E-state index in [1.807, 2.05) is 12.1 Å². The molecule has 0 spiro atoms. The van der Waals surface area contributed by atoms with Crippen molar-refractivity contribution >= 4 is 0 Å². The molecule has 0 radical (unpaired) electrons. The summed E-state index contributed by atoms with van der Waals surface area (Å²) in [5.41, 5.74) is 1.13. The first-order valence-corrected chi connectivity index (χ1v) is 7.29. The van der Waals surface area contributed by atoms with E-state index in [2.05, 4.69) is 33.0 Å². The van der Waals surface area contributed by atoms with Crippen molar-refractivity contribution in [2.75, 3.05) is 6.54 Å². The third-order valence-electron chi connectivity index (χ3n) is 4.14. The minimum Gasteiger partial charge on any atom is -0.312 e. The van der Waals surface area contributed by atoms with Crippen LogP contribution in [0.1, 0.15) is 46.1 Å². The summed E-state index contributed by atoms with van der Waals surface area (Å²) < 4.78 is 13.9. The molecule has 1 aromatic carbocycles. The molecule has 106 valence electrons. The largest absolute Gasteiger partial charge is 0.312 e. The Balaban J connectivity index is 2.09. The number of nitrogens with one attached hydrogen (secondary N) is 1. The molecule has 1 fully saturated rings. The molecule has 0 bridgehead atoms. The van der Waals surface area contributed by atoms with Crippen LogP contribution in [-0.4, -0.2) is 12.1 Å². The minimum absolute atomic E-state index is 0.0647. The van der Waals surface area contributed by atoms with Crippen LogP contribution in [0.5, 0.6) is 0 Å².